The van der Waals surface area contributed by atoms with Crippen molar-refractivity contribution in [2.45, 2.75) is 50.9 Å². The second kappa shape index (κ2) is 6.97. The molecule has 1 unspecified atom stereocenters. The van der Waals surface area contributed by atoms with Gasteiger partial charge < -0.3 is 10.1 Å². The molecule has 4 nitrogen and oxygen atoms in total. The quantitative estimate of drug-likeness (QED) is 0.927. The van der Waals surface area contributed by atoms with Crippen LogP contribution in [0.2, 0.25) is 0 Å². The molecule has 3 rings (SSSR count). The number of benzene rings is 1. The first-order valence-corrected chi connectivity index (χ1v) is 8.44. The van der Waals surface area contributed by atoms with E-state index in [9.17, 15) is 9.18 Å². The summed E-state index contributed by atoms with van der Waals surface area (Å²) in [5.41, 5.74) is 1.15. The van der Waals surface area contributed by atoms with Gasteiger partial charge in [-0.1, -0.05) is 12.1 Å². The standard InChI is InChI=1S/C18H25FN2O2/c1-14(22)20-12-17-6-7-18(23-17)8-10-21(11-9-18)13-15-2-4-16(19)5-3-15/h2-5,17H,6-13H2,1H3,(H,20,22). The molecule has 1 aromatic rings. The highest BCUT2D eigenvalue weighted by Gasteiger charge is 2.42. The molecule has 126 valence electrons. The molecule has 1 N–H and O–H groups in total. The molecule has 2 saturated heterocycles. The number of carbonyl (C=O) groups is 1. The van der Waals surface area contributed by atoms with Gasteiger partial charge >= 0.3 is 0 Å². The van der Waals surface area contributed by atoms with Crippen LogP contribution in [0.1, 0.15) is 38.2 Å². The SMILES string of the molecule is CC(=O)NCC1CCC2(CCN(Cc3ccc(F)cc3)CC2)O1. The fourth-order valence-electron chi connectivity index (χ4n) is 3.63. The smallest absolute Gasteiger partial charge is 0.216 e. The third-order valence-electron chi connectivity index (χ3n) is 5.00. The van der Waals surface area contributed by atoms with Gasteiger partial charge in [0.05, 0.1) is 11.7 Å². The minimum absolute atomic E-state index is 0.00241. The van der Waals surface area contributed by atoms with Gasteiger partial charge in [0.25, 0.3) is 0 Å². The number of piperidine rings is 1. The number of nitrogens with zero attached hydrogens (tertiary/aromatic N) is 1. The van der Waals surface area contributed by atoms with Gasteiger partial charge in [-0.15, -0.1) is 0 Å². The lowest BCUT2D eigenvalue weighted by atomic mass is 9.88. The normalized spacial score (nSPS) is 24.0. The van der Waals surface area contributed by atoms with Crippen LogP contribution in [0, 0.1) is 5.82 Å². The molecule has 23 heavy (non-hydrogen) atoms. The highest BCUT2D eigenvalue weighted by atomic mass is 19.1. The molecule has 1 aromatic carbocycles. The molecule has 0 aliphatic carbocycles. The summed E-state index contributed by atoms with van der Waals surface area (Å²) < 4.78 is 19.2. The van der Waals surface area contributed by atoms with E-state index < -0.39 is 0 Å². The van der Waals surface area contributed by atoms with Crippen molar-refractivity contribution < 1.29 is 13.9 Å². The summed E-state index contributed by atoms with van der Waals surface area (Å²) in [6, 6.07) is 6.76. The maximum Gasteiger partial charge on any atom is 0.216 e. The van der Waals surface area contributed by atoms with Crippen LogP contribution >= 0.6 is 0 Å². The number of hydrogen-bond acceptors (Lipinski definition) is 3. The Labute approximate surface area is 137 Å². The van der Waals surface area contributed by atoms with Gasteiger partial charge in [0.1, 0.15) is 5.82 Å². The van der Waals surface area contributed by atoms with Crippen LogP contribution in [0.25, 0.3) is 0 Å². The average molecular weight is 320 g/mol. The molecule has 0 bridgehead atoms. The van der Waals surface area contributed by atoms with Gasteiger partial charge in [0.2, 0.25) is 5.91 Å². The lowest BCUT2D eigenvalue weighted by Crippen LogP contribution is -2.44. The number of nitrogens with one attached hydrogen (secondary N) is 1. The zero-order chi connectivity index (χ0) is 16.3. The third-order valence-corrected chi connectivity index (χ3v) is 5.00. The van der Waals surface area contributed by atoms with Crippen LogP contribution in [-0.2, 0) is 16.1 Å². The second-order valence-corrected chi connectivity index (χ2v) is 6.80. The number of hydrogen-bond donors (Lipinski definition) is 1. The van der Waals surface area contributed by atoms with E-state index in [0.717, 1.165) is 50.9 Å². The van der Waals surface area contributed by atoms with Gasteiger partial charge in [0, 0.05) is 33.1 Å². The zero-order valence-electron chi connectivity index (χ0n) is 13.7. The van der Waals surface area contributed by atoms with E-state index in [1.54, 1.807) is 6.92 Å². The fraction of sp³-hybridized carbons (Fsp3) is 0.611. The van der Waals surface area contributed by atoms with Crippen LogP contribution in [-0.4, -0.2) is 42.1 Å². The first kappa shape index (κ1) is 16.4. The van der Waals surface area contributed by atoms with Crippen molar-refractivity contribution in [1.82, 2.24) is 10.2 Å². The van der Waals surface area contributed by atoms with Gasteiger partial charge in [-0.2, -0.15) is 0 Å². The maximum atomic E-state index is 13.0. The number of ether oxygens (including phenoxy) is 1. The highest BCUT2D eigenvalue weighted by molar-refractivity contribution is 5.72. The molecule has 5 heteroatoms. The molecule has 1 amide bonds. The summed E-state index contributed by atoms with van der Waals surface area (Å²) in [4.78, 5) is 13.4. The monoisotopic (exact) mass is 320 g/mol. The largest absolute Gasteiger partial charge is 0.370 e. The van der Waals surface area contributed by atoms with Gasteiger partial charge in [-0.3, -0.25) is 9.69 Å². The minimum atomic E-state index is -0.184. The van der Waals surface area contributed by atoms with E-state index in [2.05, 4.69) is 10.2 Å². The molecule has 2 aliphatic rings. The molecule has 1 spiro atoms. The Morgan fingerprint density at radius 2 is 2.00 bits per heavy atom. The van der Waals surface area contributed by atoms with Crippen molar-refractivity contribution in [3.05, 3.63) is 35.6 Å². The lowest BCUT2D eigenvalue weighted by molar-refractivity contribution is -0.120. The van der Waals surface area contributed by atoms with Gasteiger partial charge in [-0.25, -0.2) is 4.39 Å². The Morgan fingerprint density at radius 1 is 1.30 bits per heavy atom. The van der Waals surface area contributed by atoms with Crippen molar-refractivity contribution in [3.8, 4) is 0 Å². The fourth-order valence-corrected chi connectivity index (χ4v) is 3.63. The molecule has 2 fully saturated rings. The van der Waals surface area contributed by atoms with Crippen LogP contribution in [0.5, 0.6) is 0 Å². The van der Waals surface area contributed by atoms with E-state index >= 15 is 0 Å². The Balaban J connectivity index is 1.47. The second-order valence-electron chi connectivity index (χ2n) is 6.80. The van der Waals surface area contributed by atoms with E-state index in [0.29, 0.717) is 6.54 Å². The number of rotatable bonds is 4. The number of carbonyl (C=O) groups excluding carboxylic acids is 1. The average Bonchev–Trinajstić information content (AvgIpc) is 2.93. The number of amides is 1. The Kier molecular flexibility index (Phi) is 4.97. The molecule has 2 aliphatic heterocycles. The summed E-state index contributed by atoms with van der Waals surface area (Å²) >= 11 is 0. The number of halogens is 1. The molecular formula is C18H25FN2O2. The predicted octanol–water partition coefficient (Wildman–Crippen LogP) is 2.48. The number of likely N-dealkylation sites (tertiary alicyclic amines) is 1. The van der Waals surface area contributed by atoms with Crippen LogP contribution < -0.4 is 5.32 Å². The zero-order valence-corrected chi connectivity index (χ0v) is 13.7. The maximum absolute atomic E-state index is 13.0. The Morgan fingerprint density at radius 3 is 2.65 bits per heavy atom. The van der Waals surface area contributed by atoms with Crippen molar-refractivity contribution in [2.75, 3.05) is 19.6 Å². The topological polar surface area (TPSA) is 41.6 Å². The minimum Gasteiger partial charge on any atom is -0.370 e. The van der Waals surface area contributed by atoms with Gasteiger partial charge in [-0.05, 0) is 43.4 Å². The van der Waals surface area contributed by atoms with E-state index in [1.165, 1.54) is 12.1 Å². The summed E-state index contributed by atoms with van der Waals surface area (Å²) in [7, 11) is 0. The molecule has 2 heterocycles. The summed E-state index contributed by atoms with van der Waals surface area (Å²) in [6.45, 7) is 5.04. The predicted molar refractivity (Wildman–Crippen MR) is 86.4 cm³/mol. The van der Waals surface area contributed by atoms with Crippen LogP contribution in [0.4, 0.5) is 4.39 Å². The lowest BCUT2D eigenvalue weighted by Gasteiger charge is -2.39. The first-order chi connectivity index (χ1) is 11.0. The van der Waals surface area contributed by atoms with Crippen LogP contribution in [0.15, 0.2) is 24.3 Å². The molecule has 0 aromatic heterocycles. The third kappa shape index (κ3) is 4.30. The van der Waals surface area contributed by atoms with Gasteiger partial charge in [0.15, 0.2) is 0 Å². The summed E-state index contributed by atoms with van der Waals surface area (Å²) in [5, 5.41) is 2.85. The molecule has 0 radical (unpaired) electrons. The van der Waals surface area contributed by atoms with Crippen molar-refractivity contribution in [3.63, 3.8) is 0 Å². The van der Waals surface area contributed by atoms with E-state index in [1.807, 2.05) is 12.1 Å². The Bertz CT molecular complexity index is 538. The highest BCUT2D eigenvalue weighted by Crippen LogP contribution is 2.38. The van der Waals surface area contributed by atoms with Crippen LogP contribution in [0.3, 0.4) is 0 Å². The first-order valence-electron chi connectivity index (χ1n) is 8.44. The van der Waals surface area contributed by atoms with Crippen molar-refractivity contribution in [1.29, 1.82) is 0 Å². The Hall–Kier alpha value is -1.46. The van der Waals surface area contributed by atoms with Crippen molar-refractivity contribution in [2.24, 2.45) is 0 Å². The summed E-state index contributed by atoms with van der Waals surface area (Å²) in [5.74, 6) is -0.181. The van der Waals surface area contributed by atoms with Crippen molar-refractivity contribution >= 4 is 5.91 Å². The summed E-state index contributed by atoms with van der Waals surface area (Å²) in [6.07, 6.45) is 4.33. The molecular weight excluding hydrogens is 295 g/mol. The molecule has 0 saturated carbocycles. The molecule has 1 atom stereocenters. The van der Waals surface area contributed by atoms with E-state index in [-0.39, 0.29) is 23.4 Å². The van der Waals surface area contributed by atoms with E-state index in [4.69, 9.17) is 4.74 Å².